The third-order valence-electron chi connectivity index (χ3n) is 2.62. The second kappa shape index (κ2) is 7.25. The van der Waals surface area contributed by atoms with Crippen molar-refractivity contribution in [3.05, 3.63) is 21.9 Å². The molecular formula is C13H19NO4S. The van der Waals surface area contributed by atoms with Crippen molar-refractivity contribution in [2.24, 2.45) is 5.92 Å². The van der Waals surface area contributed by atoms with Gasteiger partial charge in [-0.2, -0.15) is 0 Å². The lowest BCUT2D eigenvalue weighted by molar-refractivity contribution is -0.140. The van der Waals surface area contributed by atoms with Crippen molar-refractivity contribution in [3.63, 3.8) is 0 Å². The molecule has 1 aromatic rings. The van der Waals surface area contributed by atoms with E-state index in [1.807, 2.05) is 13.8 Å². The zero-order chi connectivity index (χ0) is 14.4. The van der Waals surface area contributed by atoms with Gasteiger partial charge >= 0.3 is 5.97 Å². The van der Waals surface area contributed by atoms with Crippen LogP contribution in [0.5, 0.6) is 0 Å². The standard InChI is InChI=1S/C13H19NO4S/c1-8(2)12(16)9-4-5-10(19-9)13(17)14-7-6-11(15)18-3/h4-5,8,12,16H,6-7H2,1-3H3,(H,14,17). The molecule has 1 amide bonds. The molecule has 1 unspecified atom stereocenters. The first kappa shape index (κ1) is 15.7. The van der Waals surface area contributed by atoms with Crippen LogP contribution in [0.2, 0.25) is 0 Å². The molecule has 6 heteroatoms. The van der Waals surface area contributed by atoms with E-state index in [2.05, 4.69) is 10.1 Å². The van der Waals surface area contributed by atoms with Crippen molar-refractivity contribution in [3.8, 4) is 0 Å². The lowest BCUT2D eigenvalue weighted by Gasteiger charge is -2.11. The fraction of sp³-hybridized carbons (Fsp3) is 0.538. The predicted molar refractivity (Wildman–Crippen MR) is 73.1 cm³/mol. The van der Waals surface area contributed by atoms with E-state index >= 15 is 0 Å². The van der Waals surface area contributed by atoms with Crippen molar-refractivity contribution in [2.45, 2.75) is 26.4 Å². The number of hydrogen-bond donors (Lipinski definition) is 2. The minimum Gasteiger partial charge on any atom is -0.469 e. The molecule has 0 saturated heterocycles. The number of aliphatic hydroxyl groups is 1. The highest BCUT2D eigenvalue weighted by Gasteiger charge is 2.16. The van der Waals surface area contributed by atoms with Crippen LogP contribution in [0.1, 0.15) is 40.9 Å². The Labute approximate surface area is 116 Å². The van der Waals surface area contributed by atoms with Crippen LogP contribution in [0.25, 0.3) is 0 Å². The first-order valence-corrected chi connectivity index (χ1v) is 6.90. The topological polar surface area (TPSA) is 75.6 Å². The number of rotatable bonds is 6. The van der Waals surface area contributed by atoms with Crippen molar-refractivity contribution < 1.29 is 19.4 Å². The molecule has 0 fully saturated rings. The zero-order valence-electron chi connectivity index (χ0n) is 11.3. The maximum absolute atomic E-state index is 11.8. The third kappa shape index (κ3) is 4.65. The zero-order valence-corrected chi connectivity index (χ0v) is 12.1. The maximum atomic E-state index is 11.8. The van der Waals surface area contributed by atoms with Crippen molar-refractivity contribution in [2.75, 3.05) is 13.7 Å². The van der Waals surface area contributed by atoms with E-state index in [1.54, 1.807) is 12.1 Å². The summed E-state index contributed by atoms with van der Waals surface area (Å²) in [6.45, 7) is 4.08. The molecule has 1 aromatic heterocycles. The monoisotopic (exact) mass is 285 g/mol. The number of methoxy groups -OCH3 is 1. The van der Waals surface area contributed by atoms with Crippen LogP contribution in [0.4, 0.5) is 0 Å². The van der Waals surface area contributed by atoms with Gasteiger partial charge in [-0.05, 0) is 18.1 Å². The Bertz CT molecular complexity index is 442. The van der Waals surface area contributed by atoms with E-state index in [1.165, 1.54) is 18.4 Å². The van der Waals surface area contributed by atoms with Crippen LogP contribution in [0, 0.1) is 5.92 Å². The Morgan fingerprint density at radius 3 is 2.68 bits per heavy atom. The Morgan fingerprint density at radius 1 is 1.42 bits per heavy atom. The average Bonchev–Trinajstić information content (AvgIpc) is 2.86. The summed E-state index contributed by atoms with van der Waals surface area (Å²) < 4.78 is 4.48. The number of hydrogen-bond acceptors (Lipinski definition) is 5. The molecule has 1 rings (SSSR count). The number of thiophene rings is 1. The lowest BCUT2D eigenvalue weighted by Crippen LogP contribution is -2.25. The van der Waals surface area contributed by atoms with Crippen molar-refractivity contribution in [1.82, 2.24) is 5.32 Å². The van der Waals surface area contributed by atoms with Gasteiger partial charge in [0.05, 0.1) is 24.5 Å². The summed E-state index contributed by atoms with van der Waals surface area (Å²) >= 11 is 1.26. The van der Waals surface area contributed by atoms with E-state index in [4.69, 9.17) is 0 Å². The van der Waals surface area contributed by atoms with Crippen LogP contribution < -0.4 is 5.32 Å². The average molecular weight is 285 g/mol. The van der Waals surface area contributed by atoms with Gasteiger partial charge in [-0.15, -0.1) is 11.3 Å². The number of carbonyl (C=O) groups excluding carboxylic acids is 2. The van der Waals surface area contributed by atoms with Gasteiger partial charge in [0.25, 0.3) is 5.91 Å². The Hall–Kier alpha value is -1.40. The molecule has 0 aromatic carbocycles. The van der Waals surface area contributed by atoms with Crippen molar-refractivity contribution >= 4 is 23.2 Å². The first-order valence-electron chi connectivity index (χ1n) is 6.08. The summed E-state index contributed by atoms with van der Waals surface area (Å²) in [4.78, 5) is 24.0. The highest BCUT2D eigenvalue weighted by molar-refractivity contribution is 7.14. The number of aliphatic hydroxyl groups excluding tert-OH is 1. The number of esters is 1. The molecule has 106 valence electrons. The van der Waals surface area contributed by atoms with Gasteiger partial charge in [-0.3, -0.25) is 9.59 Å². The summed E-state index contributed by atoms with van der Waals surface area (Å²) in [6.07, 6.45) is -0.406. The molecular weight excluding hydrogens is 266 g/mol. The van der Waals surface area contributed by atoms with Gasteiger partial charge in [0.15, 0.2) is 0 Å². The van der Waals surface area contributed by atoms with Gasteiger partial charge in [0, 0.05) is 11.4 Å². The highest BCUT2D eigenvalue weighted by atomic mass is 32.1. The van der Waals surface area contributed by atoms with E-state index < -0.39 is 6.10 Å². The van der Waals surface area contributed by atoms with E-state index in [0.29, 0.717) is 4.88 Å². The van der Waals surface area contributed by atoms with Crippen LogP contribution in [-0.2, 0) is 9.53 Å². The predicted octanol–water partition coefficient (Wildman–Crippen LogP) is 1.73. The molecule has 0 radical (unpaired) electrons. The summed E-state index contributed by atoms with van der Waals surface area (Å²) in [5.74, 6) is -0.493. The molecule has 0 spiro atoms. The first-order chi connectivity index (χ1) is 8.95. The van der Waals surface area contributed by atoms with Crippen LogP contribution in [-0.4, -0.2) is 30.6 Å². The largest absolute Gasteiger partial charge is 0.469 e. The highest BCUT2D eigenvalue weighted by Crippen LogP contribution is 2.28. The fourth-order valence-electron chi connectivity index (χ4n) is 1.43. The number of amides is 1. The third-order valence-corrected chi connectivity index (χ3v) is 3.77. The molecule has 2 N–H and O–H groups in total. The number of carbonyl (C=O) groups is 2. The molecule has 0 aliphatic rings. The SMILES string of the molecule is COC(=O)CCNC(=O)c1ccc(C(O)C(C)C)s1. The van der Waals surface area contributed by atoms with Crippen LogP contribution >= 0.6 is 11.3 Å². The maximum Gasteiger partial charge on any atom is 0.307 e. The van der Waals surface area contributed by atoms with Gasteiger partial charge in [-0.25, -0.2) is 0 Å². The summed E-state index contributed by atoms with van der Waals surface area (Å²) in [5, 5.41) is 12.5. The van der Waals surface area contributed by atoms with Gasteiger partial charge < -0.3 is 15.2 Å². The van der Waals surface area contributed by atoms with E-state index in [-0.39, 0.29) is 30.8 Å². The number of nitrogens with one attached hydrogen (secondary N) is 1. The summed E-state index contributed by atoms with van der Waals surface area (Å²) in [7, 11) is 1.31. The molecule has 0 aliphatic carbocycles. The summed E-state index contributed by atoms with van der Waals surface area (Å²) in [6, 6.07) is 3.43. The molecule has 0 aliphatic heterocycles. The Kier molecular flexibility index (Phi) is 5.98. The second-order valence-corrected chi connectivity index (χ2v) is 5.59. The molecule has 0 saturated carbocycles. The minimum atomic E-state index is -0.554. The molecule has 1 atom stereocenters. The second-order valence-electron chi connectivity index (χ2n) is 4.47. The minimum absolute atomic E-state index is 0.105. The fourth-order valence-corrected chi connectivity index (χ4v) is 2.51. The van der Waals surface area contributed by atoms with E-state index in [0.717, 1.165) is 4.88 Å². The molecule has 5 nitrogen and oxygen atoms in total. The van der Waals surface area contributed by atoms with Crippen LogP contribution in [0.3, 0.4) is 0 Å². The van der Waals surface area contributed by atoms with E-state index in [9.17, 15) is 14.7 Å². The number of ether oxygens (including phenoxy) is 1. The Morgan fingerprint density at radius 2 is 2.11 bits per heavy atom. The van der Waals surface area contributed by atoms with Gasteiger partial charge in [0.1, 0.15) is 0 Å². The molecule has 0 bridgehead atoms. The summed E-state index contributed by atoms with van der Waals surface area (Å²) in [5.41, 5.74) is 0. The smallest absolute Gasteiger partial charge is 0.307 e. The lowest BCUT2D eigenvalue weighted by atomic mass is 10.1. The molecule has 1 heterocycles. The van der Waals surface area contributed by atoms with Crippen LogP contribution in [0.15, 0.2) is 12.1 Å². The quantitative estimate of drug-likeness (QED) is 0.781. The molecule has 19 heavy (non-hydrogen) atoms. The Balaban J connectivity index is 2.52. The van der Waals surface area contributed by atoms with Crippen molar-refractivity contribution in [1.29, 1.82) is 0 Å². The van der Waals surface area contributed by atoms with Gasteiger partial charge in [0.2, 0.25) is 0 Å². The normalized spacial score (nSPS) is 12.3. The van der Waals surface area contributed by atoms with Gasteiger partial charge in [-0.1, -0.05) is 13.8 Å².